The number of amides is 1. The molecule has 1 aromatic rings. The number of aliphatic hydroxyl groups excluding tert-OH is 1. The zero-order valence-corrected chi connectivity index (χ0v) is 13.1. The molecule has 1 N–H and O–H groups in total. The average Bonchev–Trinajstić information content (AvgIpc) is 2.89. The smallest absolute Gasteiger partial charge is 0.222 e. The molecule has 0 aromatic heterocycles. The normalized spacial score (nSPS) is 16.8. The maximum absolute atomic E-state index is 11.6. The van der Waals surface area contributed by atoms with Gasteiger partial charge in [-0.3, -0.25) is 9.69 Å². The van der Waals surface area contributed by atoms with Crippen LogP contribution in [0.1, 0.15) is 37.0 Å². The van der Waals surface area contributed by atoms with Crippen LogP contribution >= 0.6 is 0 Å². The van der Waals surface area contributed by atoms with Gasteiger partial charge in [-0.2, -0.15) is 0 Å². The number of hydrogen-bond acceptors (Lipinski definition) is 3. The molecule has 1 atom stereocenters. The first kappa shape index (κ1) is 16.0. The summed E-state index contributed by atoms with van der Waals surface area (Å²) in [4.78, 5) is 15.7. The molecule has 21 heavy (non-hydrogen) atoms. The molecule has 0 bridgehead atoms. The number of aryl methyl sites for hydroxylation is 1. The third-order valence-electron chi connectivity index (χ3n) is 4.20. The Morgan fingerprint density at radius 3 is 2.62 bits per heavy atom. The largest absolute Gasteiger partial charge is 0.387 e. The Labute approximate surface area is 127 Å². The minimum atomic E-state index is -0.472. The highest BCUT2D eigenvalue weighted by Crippen LogP contribution is 2.15. The van der Waals surface area contributed by atoms with Crippen LogP contribution in [0.3, 0.4) is 0 Å². The average molecular weight is 290 g/mol. The fourth-order valence-electron chi connectivity index (χ4n) is 2.72. The molecule has 1 heterocycles. The number of nitrogens with zero attached hydrogens (tertiary/aromatic N) is 2. The van der Waals surface area contributed by atoms with Gasteiger partial charge in [-0.1, -0.05) is 36.8 Å². The molecule has 0 saturated carbocycles. The fraction of sp³-hybridized carbons (Fsp3) is 0.588. The Morgan fingerprint density at radius 2 is 2.05 bits per heavy atom. The molecule has 1 fully saturated rings. The van der Waals surface area contributed by atoms with Crippen LogP contribution in [0.25, 0.3) is 0 Å². The van der Waals surface area contributed by atoms with Crippen LogP contribution in [0.4, 0.5) is 0 Å². The van der Waals surface area contributed by atoms with Crippen LogP contribution in [-0.4, -0.2) is 53.5 Å². The summed E-state index contributed by atoms with van der Waals surface area (Å²) in [6.07, 6.45) is 1.20. The number of hydrogen-bond donors (Lipinski definition) is 1. The van der Waals surface area contributed by atoms with E-state index in [0.717, 1.165) is 38.2 Å². The lowest BCUT2D eigenvalue weighted by Crippen LogP contribution is -2.37. The summed E-state index contributed by atoms with van der Waals surface area (Å²) < 4.78 is 0. The molecule has 2 rings (SSSR count). The zero-order valence-electron chi connectivity index (χ0n) is 13.1. The van der Waals surface area contributed by atoms with Gasteiger partial charge in [-0.05, 0) is 25.5 Å². The Bertz CT molecular complexity index is 458. The van der Waals surface area contributed by atoms with E-state index in [9.17, 15) is 9.90 Å². The van der Waals surface area contributed by atoms with Crippen molar-refractivity contribution >= 4 is 5.91 Å². The monoisotopic (exact) mass is 290 g/mol. The van der Waals surface area contributed by atoms with Gasteiger partial charge < -0.3 is 10.0 Å². The molecule has 1 unspecified atom stereocenters. The van der Waals surface area contributed by atoms with E-state index in [1.165, 1.54) is 5.56 Å². The second kappa shape index (κ2) is 7.57. The van der Waals surface area contributed by atoms with E-state index >= 15 is 0 Å². The minimum Gasteiger partial charge on any atom is -0.387 e. The predicted molar refractivity (Wildman–Crippen MR) is 84.1 cm³/mol. The van der Waals surface area contributed by atoms with Gasteiger partial charge in [-0.25, -0.2) is 0 Å². The molecular formula is C17H26N2O2. The summed E-state index contributed by atoms with van der Waals surface area (Å²) in [6, 6.07) is 8.02. The van der Waals surface area contributed by atoms with E-state index in [1.54, 1.807) is 0 Å². The lowest BCUT2D eigenvalue weighted by molar-refractivity contribution is -0.127. The number of likely N-dealkylation sites (tertiary alicyclic amines) is 1. The summed E-state index contributed by atoms with van der Waals surface area (Å²) in [5.74, 6) is 0.269. The molecule has 4 heteroatoms. The molecular weight excluding hydrogens is 264 g/mol. The van der Waals surface area contributed by atoms with Crippen LogP contribution in [0.5, 0.6) is 0 Å². The zero-order chi connectivity index (χ0) is 15.2. The van der Waals surface area contributed by atoms with Gasteiger partial charge in [0.25, 0.3) is 0 Å². The van der Waals surface area contributed by atoms with Crippen LogP contribution in [-0.2, 0) is 4.79 Å². The molecule has 4 nitrogen and oxygen atoms in total. The summed E-state index contributed by atoms with van der Waals surface area (Å²) >= 11 is 0. The lowest BCUT2D eigenvalue weighted by atomic mass is 10.1. The topological polar surface area (TPSA) is 43.8 Å². The maximum atomic E-state index is 11.6. The summed E-state index contributed by atoms with van der Waals surface area (Å²) in [5.41, 5.74) is 2.15. The number of benzene rings is 1. The van der Waals surface area contributed by atoms with Crippen molar-refractivity contribution < 1.29 is 9.90 Å². The van der Waals surface area contributed by atoms with E-state index in [4.69, 9.17) is 0 Å². The number of carbonyl (C=O) groups is 1. The maximum Gasteiger partial charge on any atom is 0.222 e. The van der Waals surface area contributed by atoms with E-state index < -0.39 is 6.10 Å². The molecule has 1 saturated heterocycles. The molecule has 0 aliphatic carbocycles. The summed E-state index contributed by atoms with van der Waals surface area (Å²) in [6.45, 7) is 8.11. The van der Waals surface area contributed by atoms with Gasteiger partial charge in [0.2, 0.25) is 5.91 Å². The van der Waals surface area contributed by atoms with Gasteiger partial charge in [0.1, 0.15) is 0 Å². The van der Waals surface area contributed by atoms with Crippen molar-refractivity contribution in [1.29, 1.82) is 0 Å². The van der Waals surface area contributed by atoms with E-state index in [2.05, 4.69) is 11.8 Å². The molecule has 0 radical (unpaired) electrons. The van der Waals surface area contributed by atoms with Crippen LogP contribution in [0.2, 0.25) is 0 Å². The predicted octanol–water partition coefficient (Wildman–Crippen LogP) is 1.97. The molecule has 116 valence electrons. The third kappa shape index (κ3) is 4.55. The van der Waals surface area contributed by atoms with Crippen molar-refractivity contribution in [1.82, 2.24) is 9.80 Å². The number of likely N-dealkylation sites (N-methyl/N-ethyl adjacent to an activating group) is 1. The Hall–Kier alpha value is -1.39. The SMILES string of the molecule is CCN(CCN1CCCC1=O)CC(O)c1ccc(C)cc1. The van der Waals surface area contributed by atoms with Gasteiger partial charge in [0, 0.05) is 32.6 Å². The van der Waals surface area contributed by atoms with Crippen molar-refractivity contribution in [2.45, 2.75) is 32.8 Å². The first-order chi connectivity index (χ1) is 10.1. The first-order valence-corrected chi connectivity index (χ1v) is 7.85. The molecule has 0 spiro atoms. The molecule has 1 amide bonds. The second-order valence-corrected chi connectivity index (χ2v) is 5.80. The Kier molecular flexibility index (Phi) is 5.76. The van der Waals surface area contributed by atoms with Gasteiger partial charge in [-0.15, -0.1) is 0 Å². The van der Waals surface area contributed by atoms with Crippen molar-refractivity contribution in [2.24, 2.45) is 0 Å². The van der Waals surface area contributed by atoms with Crippen molar-refractivity contribution in [3.63, 3.8) is 0 Å². The summed E-state index contributed by atoms with van der Waals surface area (Å²) in [7, 11) is 0. The fourth-order valence-corrected chi connectivity index (χ4v) is 2.72. The van der Waals surface area contributed by atoms with Gasteiger partial charge >= 0.3 is 0 Å². The standard InChI is InChI=1S/C17H26N2O2/c1-3-18(11-12-19-10-4-5-17(19)21)13-16(20)15-8-6-14(2)7-9-15/h6-9,16,20H,3-5,10-13H2,1-2H3. The molecule has 1 aliphatic heterocycles. The van der Waals surface area contributed by atoms with Crippen molar-refractivity contribution in [3.8, 4) is 0 Å². The number of rotatable bonds is 7. The van der Waals surface area contributed by atoms with Crippen molar-refractivity contribution in [3.05, 3.63) is 35.4 Å². The Morgan fingerprint density at radius 1 is 1.33 bits per heavy atom. The molecule has 1 aromatic carbocycles. The van der Waals surface area contributed by atoms with Gasteiger partial charge in [0.05, 0.1) is 6.10 Å². The van der Waals surface area contributed by atoms with Gasteiger partial charge in [0.15, 0.2) is 0 Å². The van der Waals surface area contributed by atoms with E-state index in [-0.39, 0.29) is 5.91 Å². The second-order valence-electron chi connectivity index (χ2n) is 5.80. The molecule has 1 aliphatic rings. The quantitative estimate of drug-likeness (QED) is 0.835. The number of aliphatic hydroxyl groups is 1. The lowest BCUT2D eigenvalue weighted by Gasteiger charge is -2.26. The summed E-state index contributed by atoms with van der Waals surface area (Å²) in [5, 5.41) is 10.3. The highest BCUT2D eigenvalue weighted by atomic mass is 16.3. The van der Waals surface area contributed by atoms with Crippen molar-refractivity contribution in [2.75, 3.05) is 32.7 Å². The third-order valence-corrected chi connectivity index (χ3v) is 4.20. The highest BCUT2D eigenvalue weighted by molar-refractivity contribution is 5.78. The number of carbonyl (C=O) groups excluding carboxylic acids is 1. The van der Waals surface area contributed by atoms with Crippen LogP contribution < -0.4 is 0 Å². The van der Waals surface area contributed by atoms with E-state index in [0.29, 0.717) is 13.0 Å². The van der Waals surface area contributed by atoms with E-state index in [1.807, 2.05) is 36.1 Å². The first-order valence-electron chi connectivity index (χ1n) is 7.85. The highest BCUT2D eigenvalue weighted by Gasteiger charge is 2.21. The Balaban J connectivity index is 1.83. The van der Waals surface area contributed by atoms with Crippen LogP contribution in [0.15, 0.2) is 24.3 Å². The van der Waals surface area contributed by atoms with Crippen LogP contribution in [0, 0.1) is 6.92 Å². The minimum absolute atomic E-state index is 0.269.